The van der Waals surface area contributed by atoms with Crippen molar-refractivity contribution in [2.24, 2.45) is 0 Å². The van der Waals surface area contributed by atoms with E-state index in [0.717, 1.165) is 37.0 Å². The monoisotopic (exact) mass is 318 g/mol. The second-order valence-electron chi connectivity index (χ2n) is 7.35. The molecule has 0 spiro atoms. The van der Waals surface area contributed by atoms with Gasteiger partial charge in [0, 0.05) is 18.9 Å². The van der Waals surface area contributed by atoms with Crippen molar-refractivity contribution in [2.75, 3.05) is 6.61 Å². The molecule has 0 fully saturated rings. The standard InChI is InChI=1S/C19H30O2Si/c1-7-21-17-13-12-16(18(20)15-17)11-9-8-10-14-22(5,6)19(2,3)4/h11,15H,7-9,12-13H2,1-6H3/b16-11+. The van der Waals surface area contributed by atoms with Crippen LogP contribution in [0, 0.1) is 11.5 Å². The largest absolute Gasteiger partial charge is 0.498 e. The molecule has 0 aliphatic heterocycles. The van der Waals surface area contributed by atoms with Gasteiger partial charge in [0.25, 0.3) is 0 Å². The minimum Gasteiger partial charge on any atom is -0.498 e. The third-order valence-corrected chi connectivity index (χ3v) is 9.07. The SMILES string of the molecule is CCOC1=CC(=O)/C(=C/CCC#C[Si](C)(C)C(C)(C)C)CC1. The van der Waals surface area contributed by atoms with E-state index in [1.807, 2.05) is 6.92 Å². The molecule has 1 aliphatic rings. The van der Waals surface area contributed by atoms with Gasteiger partial charge in [-0.15, -0.1) is 11.5 Å². The van der Waals surface area contributed by atoms with Crippen LogP contribution in [0.3, 0.4) is 0 Å². The molecule has 1 aliphatic carbocycles. The lowest BCUT2D eigenvalue weighted by Crippen LogP contribution is -2.35. The number of ether oxygens (including phenoxy) is 1. The number of carbonyl (C=O) groups is 1. The van der Waals surface area contributed by atoms with Crippen LogP contribution in [0.4, 0.5) is 0 Å². The summed E-state index contributed by atoms with van der Waals surface area (Å²) in [5.74, 6) is 4.26. The Morgan fingerprint density at radius 2 is 2.00 bits per heavy atom. The quantitative estimate of drug-likeness (QED) is 0.314. The Morgan fingerprint density at radius 1 is 1.32 bits per heavy atom. The molecule has 0 aromatic heterocycles. The fraction of sp³-hybridized carbons (Fsp3) is 0.632. The van der Waals surface area contributed by atoms with Gasteiger partial charge in [0.05, 0.1) is 6.61 Å². The molecule has 0 aromatic rings. The predicted molar refractivity (Wildman–Crippen MR) is 96.2 cm³/mol. The Labute approximate surface area is 137 Å². The maximum absolute atomic E-state index is 12.0. The van der Waals surface area contributed by atoms with Crippen molar-refractivity contribution in [3.05, 3.63) is 23.5 Å². The van der Waals surface area contributed by atoms with Gasteiger partial charge in [-0.1, -0.05) is 39.9 Å². The predicted octanol–water partition coefficient (Wildman–Crippen LogP) is 5.03. The molecule has 0 radical (unpaired) electrons. The molecule has 0 unspecified atom stereocenters. The van der Waals surface area contributed by atoms with Crippen molar-refractivity contribution >= 4 is 13.9 Å². The molecule has 0 heterocycles. The third-order valence-electron chi connectivity index (χ3n) is 4.52. The van der Waals surface area contributed by atoms with Crippen LogP contribution in [0.2, 0.25) is 18.1 Å². The molecular formula is C19H30O2Si. The lowest BCUT2D eigenvalue weighted by atomic mass is 9.97. The van der Waals surface area contributed by atoms with E-state index in [9.17, 15) is 4.79 Å². The van der Waals surface area contributed by atoms with Gasteiger partial charge in [0.1, 0.15) is 13.8 Å². The van der Waals surface area contributed by atoms with E-state index in [2.05, 4.69) is 51.4 Å². The number of ketones is 1. The summed E-state index contributed by atoms with van der Waals surface area (Å²) >= 11 is 0. The van der Waals surface area contributed by atoms with Gasteiger partial charge in [-0.05, 0) is 30.4 Å². The summed E-state index contributed by atoms with van der Waals surface area (Å²) in [4.78, 5) is 12.0. The highest BCUT2D eigenvalue weighted by Gasteiger charge is 2.33. The fourth-order valence-corrected chi connectivity index (χ4v) is 2.93. The number of hydrogen-bond acceptors (Lipinski definition) is 2. The normalized spacial score (nSPS) is 17.8. The molecule has 0 bridgehead atoms. The summed E-state index contributed by atoms with van der Waals surface area (Å²) in [6, 6.07) is 0. The summed E-state index contributed by atoms with van der Waals surface area (Å²) in [7, 11) is -1.50. The van der Waals surface area contributed by atoms with Crippen molar-refractivity contribution in [3.8, 4) is 11.5 Å². The van der Waals surface area contributed by atoms with E-state index in [-0.39, 0.29) is 5.78 Å². The van der Waals surface area contributed by atoms with Crippen LogP contribution in [0.15, 0.2) is 23.5 Å². The Balaban J connectivity index is 2.54. The average molecular weight is 319 g/mol. The van der Waals surface area contributed by atoms with Crippen molar-refractivity contribution in [2.45, 2.75) is 71.5 Å². The second-order valence-corrected chi connectivity index (χ2v) is 12.4. The van der Waals surface area contributed by atoms with Gasteiger partial charge < -0.3 is 4.74 Å². The zero-order chi connectivity index (χ0) is 16.8. The van der Waals surface area contributed by atoms with E-state index >= 15 is 0 Å². The number of hydrogen-bond donors (Lipinski definition) is 0. The highest BCUT2D eigenvalue weighted by Crippen LogP contribution is 2.35. The van der Waals surface area contributed by atoms with Gasteiger partial charge in [0.2, 0.25) is 0 Å². The molecule has 0 saturated carbocycles. The van der Waals surface area contributed by atoms with Crippen molar-refractivity contribution < 1.29 is 9.53 Å². The number of unbranched alkanes of at least 4 members (excludes halogenated alkanes) is 1. The van der Waals surface area contributed by atoms with Gasteiger partial charge in [-0.3, -0.25) is 4.79 Å². The van der Waals surface area contributed by atoms with Crippen LogP contribution in [0.25, 0.3) is 0 Å². The molecular weight excluding hydrogens is 288 g/mol. The van der Waals surface area contributed by atoms with Gasteiger partial charge in [-0.25, -0.2) is 0 Å². The van der Waals surface area contributed by atoms with E-state index in [1.54, 1.807) is 6.08 Å². The molecule has 0 atom stereocenters. The summed E-state index contributed by atoms with van der Waals surface area (Å²) in [6.07, 6.45) is 7.02. The maximum atomic E-state index is 12.0. The van der Waals surface area contributed by atoms with E-state index in [4.69, 9.17) is 4.74 Å². The van der Waals surface area contributed by atoms with Crippen molar-refractivity contribution in [1.29, 1.82) is 0 Å². The molecule has 1 rings (SSSR count). The first-order chi connectivity index (χ1) is 10.2. The Bertz CT molecular complexity index is 522. The minimum absolute atomic E-state index is 0.104. The van der Waals surface area contributed by atoms with Crippen molar-refractivity contribution in [3.63, 3.8) is 0 Å². The Hall–Kier alpha value is -1.27. The van der Waals surface area contributed by atoms with Crippen LogP contribution in [0.5, 0.6) is 0 Å². The van der Waals surface area contributed by atoms with Gasteiger partial charge in [-0.2, -0.15) is 0 Å². The summed E-state index contributed by atoms with van der Waals surface area (Å²) in [5.41, 5.74) is 4.43. The first-order valence-corrected chi connectivity index (χ1v) is 11.2. The molecule has 22 heavy (non-hydrogen) atoms. The Morgan fingerprint density at radius 3 is 2.55 bits per heavy atom. The first kappa shape index (κ1) is 18.8. The summed E-state index contributed by atoms with van der Waals surface area (Å²) < 4.78 is 5.41. The second kappa shape index (κ2) is 7.83. The summed E-state index contributed by atoms with van der Waals surface area (Å²) in [6.45, 7) is 14.0. The van der Waals surface area contributed by atoms with Gasteiger partial charge in [0.15, 0.2) is 5.78 Å². The zero-order valence-electron chi connectivity index (χ0n) is 15.0. The fourth-order valence-electron chi connectivity index (χ4n) is 1.98. The molecule has 0 N–H and O–H groups in total. The molecule has 0 saturated heterocycles. The highest BCUT2D eigenvalue weighted by molar-refractivity contribution is 6.87. The molecule has 3 heteroatoms. The van der Waals surface area contributed by atoms with Crippen LogP contribution < -0.4 is 0 Å². The van der Waals surface area contributed by atoms with E-state index in [0.29, 0.717) is 11.6 Å². The molecule has 0 amide bonds. The molecule has 2 nitrogen and oxygen atoms in total. The Kier molecular flexibility index (Phi) is 6.68. The first-order valence-electron chi connectivity index (χ1n) is 8.24. The van der Waals surface area contributed by atoms with Crippen LogP contribution in [0.1, 0.15) is 53.4 Å². The van der Waals surface area contributed by atoms with Crippen LogP contribution in [-0.4, -0.2) is 20.5 Å². The highest BCUT2D eigenvalue weighted by atomic mass is 28.3. The lowest BCUT2D eigenvalue weighted by Gasteiger charge is -2.31. The van der Waals surface area contributed by atoms with Crippen LogP contribution >= 0.6 is 0 Å². The van der Waals surface area contributed by atoms with Crippen molar-refractivity contribution in [1.82, 2.24) is 0 Å². The molecule has 0 aromatic carbocycles. The number of carbonyl (C=O) groups excluding carboxylic acids is 1. The minimum atomic E-state index is -1.50. The molecule has 122 valence electrons. The van der Waals surface area contributed by atoms with Gasteiger partial charge >= 0.3 is 0 Å². The zero-order valence-corrected chi connectivity index (χ0v) is 16.0. The third kappa shape index (κ3) is 5.49. The summed E-state index contributed by atoms with van der Waals surface area (Å²) in [5, 5.41) is 0.304. The average Bonchev–Trinajstić information content (AvgIpc) is 2.39. The number of allylic oxidation sites excluding steroid dienone is 4. The van der Waals surface area contributed by atoms with E-state index < -0.39 is 8.07 Å². The smallest absolute Gasteiger partial charge is 0.184 e. The van der Waals surface area contributed by atoms with E-state index in [1.165, 1.54) is 0 Å². The topological polar surface area (TPSA) is 26.3 Å². The maximum Gasteiger partial charge on any atom is 0.184 e. The lowest BCUT2D eigenvalue weighted by molar-refractivity contribution is -0.112. The number of rotatable bonds is 4. The van der Waals surface area contributed by atoms with Crippen LogP contribution in [-0.2, 0) is 9.53 Å².